The van der Waals surface area contributed by atoms with E-state index in [1.807, 2.05) is 140 Å². The van der Waals surface area contributed by atoms with Crippen LogP contribution in [-0.2, 0) is 19.0 Å². The van der Waals surface area contributed by atoms with Crippen LogP contribution in [0.25, 0.3) is 0 Å². The fourth-order valence-electron chi connectivity index (χ4n) is 8.22. The second kappa shape index (κ2) is 21.7. The number of nitrogens with one attached hydrogen (secondary N) is 1. The summed E-state index contributed by atoms with van der Waals surface area (Å²) in [6.45, 7) is 6.93. The number of esters is 2. The zero-order valence-electron chi connectivity index (χ0n) is 39.2. The minimum absolute atomic E-state index is 0.0389. The van der Waals surface area contributed by atoms with Gasteiger partial charge in [-0.25, -0.2) is 24.4 Å². The summed E-state index contributed by atoms with van der Waals surface area (Å²) < 4.78 is 22.8. The Labute approximate surface area is 408 Å². The number of ether oxygens (including phenoxy) is 4. The molecule has 2 heterocycles. The van der Waals surface area contributed by atoms with Gasteiger partial charge in [0.1, 0.15) is 35.2 Å². The Morgan fingerprint density at radius 3 is 1.62 bits per heavy atom. The van der Waals surface area contributed by atoms with Crippen molar-refractivity contribution in [2.45, 2.75) is 76.7 Å². The summed E-state index contributed by atoms with van der Waals surface area (Å²) in [6.07, 6.45) is 1.69. The number of hydrogen-bond acceptors (Lipinski definition) is 9. The molecule has 2 aliphatic heterocycles. The van der Waals surface area contributed by atoms with Gasteiger partial charge < -0.3 is 34.1 Å². The van der Waals surface area contributed by atoms with E-state index in [1.165, 1.54) is 0 Å². The number of halogens is 1. The molecule has 0 aromatic heterocycles. The molecule has 2 unspecified atom stereocenters. The van der Waals surface area contributed by atoms with Gasteiger partial charge in [0.25, 0.3) is 0 Å². The average molecular weight is 947 g/mol. The van der Waals surface area contributed by atoms with Crippen molar-refractivity contribution in [1.29, 1.82) is 0 Å². The molecule has 0 saturated carbocycles. The molecular formula is C56H56ClN5O7. The fraction of sp³-hybridized carbons (Fsp3) is 0.268. The van der Waals surface area contributed by atoms with E-state index >= 15 is 0 Å². The molecule has 0 radical (unpaired) electrons. The van der Waals surface area contributed by atoms with Crippen LogP contribution in [0.4, 0.5) is 27.5 Å². The highest BCUT2D eigenvalue weighted by Crippen LogP contribution is 2.42. The predicted molar refractivity (Wildman–Crippen MR) is 271 cm³/mol. The zero-order valence-corrected chi connectivity index (χ0v) is 40.0. The Balaban J connectivity index is 0.745. The van der Waals surface area contributed by atoms with E-state index in [4.69, 9.17) is 40.5 Å². The molecule has 8 rings (SSSR count). The van der Waals surface area contributed by atoms with Crippen molar-refractivity contribution < 1.29 is 33.3 Å². The second-order valence-electron chi connectivity index (χ2n) is 18.1. The van der Waals surface area contributed by atoms with Crippen molar-refractivity contribution in [2.24, 2.45) is 9.98 Å². The summed E-state index contributed by atoms with van der Waals surface area (Å²) in [6, 6.07) is 52.8. The van der Waals surface area contributed by atoms with Gasteiger partial charge in [-0.15, -0.1) is 0 Å². The number of anilines is 2. The highest BCUT2D eigenvalue weighted by molar-refractivity contribution is 6.30. The van der Waals surface area contributed by atoms with E-state index in [1.54, 1.807) is 39.8 Å². The highest BCUT2D eigenvalue weighted by atomic mass is 35.5. The van der Waals surface area contributed by atoms with Crippen molar-refractivity contribution in [3.8, 4) is 5.75 Å². The molecular weight excluding hydrogens is 890 g/mol. The van der Waals surface area contributed by atoms with Gasteiger partial charge in [-0.2, -0.15) is 0 Å². The number of amidine groups is 2. The maximum atomic E-state index is 13.0. The monoisotopic (exact) mass is 945 g/mol. The molecule has 2 atom stereocenters. The molecule has 1 N–H and O–H groups in total. The van der Waals surface area contributed by atoms with Gasteiger partial charge in [-0.1, -0.05) is 90.5 Å². The number of para-hydroxylation sites is 3. The Bertz CT molecular complexity index is 2750. The molecule has 12 nitrogen and oxygen atoms in total. The van der Waals surface area contributed by atoms with Crippen molar-refractivity contribution in [1.82, 2.24) is 5.32 Å². The number of alkyl carbamates (subject to hydrolysis) is 1. The lowest BCUT2D eigenvalue weighted by molar-refractivity contribution is -0.160. The van der Waals surface area contributed by atoms with E-state index < -0.39 is 29.2 Å². The standard InChI is InChI=1S/C56H56ClN5O7/c1-55(2,68-52(63)38-67-47-30-28-46(29-31-47)62-49(40-24-26-42(57)27-25-40)37-51(62)60-44-16-10-6-11-17-44)32-33-56(3,4)69-54(65)58-34-35-66-53(64)41-22-20-39(21-23-41)48-36-50(59-43-14-8-5-9-15-43)61(48)45-18-12-7-13-19-45/h5-31,48-49H,32-38H2,1-4H3,(H,58,65). The number of aliphatic imine (C=N–C) groups is 2. The molecule has 0 bridgehead atoms. The summed E-state index contributed by atoms with van der Waals surface area (Å²) >= 11 is 6.18. The van der Waals surface area contributed by atoms with Crippen molar-refractivity contribution in [3.63, 3.8) is 0 Å². The maximum absolute atomic E-state index is 13.0. The van der Waals surface area contributed by atoms with Gasteiger partial charge in [-0.05, 0) is 137 Å². The third kappa shape index (κ3) is 12.8. The summed E-state index contributed by atoms with van der Waals surface area (Å²) in [5, 5.41) is 3.34. The highest BCUT2D eigenvalue weighted by Gasteiger charge is 2.38. The Kier molecular flexibility index (Phi) is 15.1. The Morgan fingerprint density at radius 1 is 0.609 bits per heavy atom. The normalized spacial score (nSPS) is 16.8. The maximum Gasteiger partial charge on any atom is 0.407 e. The van der Waals surface area contributed by atoms with Gasteiger partial charge in [0.05, 0.1) is 35.6 Å². The molecule has 2 aliphatic rings. The number of rotatable bonds is 18. The summed E-state index contributed by atoms with van der Waals surface area (Å²) in [7, 11) is 0. The molecule has 2 fully saturated rings. The van der Waals surface area contributed by atoms with Crippen LogP contribution in [0.1, 0.15) is 86.9 Å². The first-order chi connectivity index (χ1) is 33.3. The van der Waals surface area contributed by atoms with Crippen molar-refractivity contribution in [2.75, 3.05) is 29.6 Å². The number of carbonyl (C=O) groups excluding carboxylic acids is 3. The van der Waals surface area contributed by atoms with E-state index in [0.29, 0.717) is 29.2 Å². The second-order valence-corrected chi connectivity index (χ2v) is 18.6. The van der Waals surface area contributed by atoms with Gasteiger partial charge in [0, 0.05) is 29.2 Å². The molecule has 13 heteroatoms. The lowest BCUT2D eigenvalue weighted by Crippen LogP contribution is -2.46. The van der Waals surface area contributed by atoms with Crippen molar-refractivity contribution >= 4 is 64.1 Å². The molecule has 0 aliphatic carbocycles. The van der Waals surface area contributed by atoms with Crippen LogP contribution in [0.3, 0.4) is 0 Å². The van der Waals surface area contributed by atoms with Gasteiger partial charge >= 0.3 is 18.0 Å². The number of hydrogen-bond donors (Lipinski definition) is 1. The first kappa shape index (κ1) is 48.0. The lowest BCUT2D eigenvalue weighted by atomic mass is 9.91. The third-order valence-corrected chi connectivity index (χ3v) is 12.2. The van der Waals surface area contributed by atoms with E-state index in [-0.39, 0.29) is 31.8 Å². The summed E-state index contributed by atoms with van der Waals surface area (Å²) in [5.41, 5.74) is 4.61. The minimum Gasteiger partial charge on any atom is -0.482 e. The third-order valence-electron chi connectivity index (χ3n) is 11.9. The van der Waals surface area contributed by atoms with E-state index in [2.05, 4.69) is 27.2 Å². The summed E-state index contributed by atoms with van der Waals surface area (Å²) in [4.78, 5) is 52.8. The van der Waals surface area contributed by atoms with E-state index in [9.17, 15) is 14.4 Å². The smallest absolute Gasteiger partial charge is 0.407 e. The summed E-state index contributed by atoms with van der Waals surface area (Å²) in [5.74, 6) is 1.42. The topological polar surface area (TPSA) is 131 Å². The average Bonchev–Trinajstić information content (AvgIpc) is 3.33. The molecule has 354 valence electrons. The van der Waals surface area contributed by atoms with Gasteiger partial charge in [0.2, 0.25) is 0 Å². The van der Waals surface area contributed by atoms with Crippen molar-refractivity contribution in [3.05, 3.63) is 186 Å². The first-order valence-corrected chi connectivity index (χ1v) is 23.5. The van der Waals surface area contributed by atoms with Crippen LogP contribution >= 0.6 is 11.6 Å². The first-order valence-electron chi connectivity index (χ1n) is 23.1. The predicted octanol–water partition coefficient (Wildman–Crippen LogP) is 12.5. The SMILES string of the molecule is CC(C)(CCC(C)(C)OC(=O)NCCOC(=O)c1ccc(C2CC(=Nc3ccccc3)N2c2ccccc2)cc1)OC(=O)COc1ccc(N2C(=Nc3ccccc3)CC2c2ccc(Cl)cc2)cc1. The fourth-order valence-corrected chi connectivity index (χ4v) is 8.35. The van der Waals surface area contributed by atoms with E-state index in [0.717, 1.165) is 58.4 Å². The lowest BCUT2D eigenvalue weighted by Gasteiger charge is -2.44. The van der Waals surface area contributed by atoms with Crippen LogP contribution in [0.5, 0.6) is 5.75 Å². The van der Waals surface area contributed by atoms with Crippen LogP contribution in [0.15, 0.2) is 174 Å². The molecule has 2 saturated heterocycles. The molecule has 6 aromatic rings. The quantitative estimate of drug-likeness (QED) is 0.0508. The Hall–Kier alpha value is -7.44. The van der Waals surface area contributed by atoms with Crippen LogP contribution < -0.4 is 19.9 Å². The van der Waals surface area contributed by atoms with Crippen LogP contribution in [-0.4, -0.2) is 60.7 Å². The molecule has 69 heavy (non-hydrogen) atoms. The van der Waals surface area contributed by atoms with Crippen LogP contribution in [0.2, 0.25) is 5.02 Å². The van der Waals surface area contributed by atoms with Gasteiger partial charge in [-0.3, -0.25) is 0 Å². The molecule has 6 aromatic carbocycles. The largest absolute Gasteiger partial charge is 0.482 e. The minimum atomic E-state index is -0.885. The molecule has 0 spiro atoms. The van der Waals surface area contributed by atoms with Gasteiger partial charge in [0.15, 0.2) is 6.61 Å². The van der Waals surface area contributed by atoms with Crippen LogP contribution in [0, 0.1) is 0 Å². The number of carbonyl (C=O) groups is 3. The molecule has 1 amide bonds. The number of nitrogens with zero attached hydrogens (tertiary/aromatic N) is 4. The zero-order chi connectivity index (χ0) is 48.4. The number of benzene rings is 6. The Morgan fingerprint density at radius 2 is 1.09 bits per heavy atom. The number of amides is 1.